The summed E-state index contributed by atoms with van der Waals surface area (Å²) in [6, 6.07) is 13.1. The van der Waals surface area contributed by atoms with Crippen LogP contribution >= 0.6 is 34.5 Å². The number of hydrogen-bond donors (Lipinski definition) is 1. The average Bonchev–Trinajstić information content (AvgIpc) is 3.16. The third kappa shape index (κ3) is 4.59. The van der Waals surface area contributed by atoms with E-state index in [2.05, 4.69) is 10.3 Å². The second kappa shape index (κ2) is 8.24. The minimum Gasteiger partial charge on any atom is -0.484 e. The Morgan fingerprint density at radius 1 is 1.14 bits per heavy atom. The Labute approximate surface area is 178 Å². The van der Waals surface area contributed by atoms with Crippen molar-refractivity contribution in [1.29, 1.82) is 0 Å². The molecule has 29 heavy (non-hydrogen) atoms. The molecule has 0 aliphatic carbocycles. The topological polar surface area (TPSA) is 81.4 Å². The molecule has 0 aliphatic heterocycles. The molecule has 0 saturated heterocycles. The molecule has 0 aliphatic rings. The molecule has 6 nitrogen and oxygen atoms in total. The van der Waals surface area contributed by atoms with E-state index in [9.17, 15) is 9.59 Å². The zero-order valence-electron chi connectivity index (χ0n) is 14.6. The summed E-state index contributed by atoms with van der Waals surface area (Å²) in [4.78, 5) is 27.9. The van der Waals surface area contributed by atoms with E-state index in [1.54, 1.807) is 47.8 Å². The maximum atomic E-state index is 12.2. The van der Waals surface area contributed by atoms with Crippen LogP contribution in [0.15, 0.2) is 63.1 Å². The third-order valence-corrected chi connectivity index (χ3v) is 5.24. The molecule has 0 radical (unpaired) electrons. The van der Waals surface area contributed by atoms with Gasteiger partial charge in [0, 0.05) is 33.5 Å². The van der Waals surface area contributed by atoms with Crippen LogP contribution in [0, 0.1) is 0 Å². The molecule has 0 spiro atoms. The van der Waals surface area contributed by atoms with Gasteiger partial charge in [-0.15, -0.1) is 11.3 Å². The molecule has 0 fully saturated rings. The standard InChI is InChI=1S/C20H12Cl2N2O4S/c21-12-3-5-15(22)14(7-12)16-10-29-20(23-16)24-18(25)9-27-13-4-1-11-2-6-19(26)28-17(11)8-13/h1-8,10H,9H2,(H,23,24,25). The molecule has 0 bridgehead atoms. The fourth-order valence-electron chi connectivity index (χ4n) is 2.58. The van der Waals surface area contributed by atoms with E-state index in [0.29, 0.717) is 37.8 Å². The van der Waals surface area contributed by atoms with E-state index in [-0.39, 0.29) is 12.5 Å². The highest BCUT2D eigenvalue weighted by Gasteiger charge is 2.12. The van der Waals surface area contributed by atoms with Gasteiger partial charge < -0.3 is 9.15 Å². The van der Waals surface area contributed by atoms with Crippen molar-refractivity contribution in [3.05, 3.63) is 74.4 Å². The van der Waals surface area contributed by atoms with Crippen LogP contribution in [-0.4, -0.2) is 17.5 Å². The highest BCUT2D eigenvalue weighted by atomic mass is 35.5. The van der Waals surface area contributed by atoms with Crippen molar-refractivity contribution in [2.24, 2.45) is 0 Å². The number of amides is 1. The van der Waals surface area contributed by atoms with Gasteiger partial charge in [0.05, 0.1) is 10.7 Å². The Kier molecular flexibility index (Phi) is 5.53. The van der Waals surface area contributed by atoms with Crippen LogP contribution in [0.1, 0.15) is 0 Å². The molecule has 9 heteroatoms. The number of nitrogens with one attached hydrogen (secondary N) is 1. The van der Waals surface area contributed by atoms with Crippen LogP contribution in [0.5, 0.6) is 5.75 Å². The lowest BCUT2D eigenvalue weighted by Crippen LogP contribution is -2.20. The van der Waals surface area contributed by atoms with E-state index in [4.69, 9.17) is 32.4 Å². The Hall–Kier alpha value is -2.87. The molecule has 0 saturated carbocycles. The van der Waals surface area contributed by atoms with Gasteiger partial charge >= 0.3 is 5.63 Å². The van der Waals surface area contributed by atoms with Gasteiger partial charge in [-0.1, -0.05) is 23.2 Å². The molecular weight excluding hydrogens is 435 g/mol. The van der Waals surface area contributed by atoms with Gasteiger partial charge in [-0.2, -0.15) is 0 Å². The molecule has 2 heterocycles. The molecule has 1 amide bonds. The predicted octanol–water partition coefficient (Wildman–Crippen LogP) is 5.24. The van der Waals surface area contributed by atoms with Crippen LogP contribution in [0.4, 0.5) is 5.13 Å². The fourth-order valence-corrected chi connectivity index (χ4v) is 3.70. The molecule has 146 valence electrons. The summed E-state index contributed by atoms with van der Waals surface area (Å²) in [6.07, 6.45) is 0. The Balaban J connectivity index is 1.41. The Morgan fingerprint density at radius 3 is 2.83 bits per heavy atom. The molecule has 0 atom stereocenters. The van der Waals surface area contributed by atoms with Gasteiger partial charge in [0.2, 0.25) is 0 Å². The number of rotatable bonds is 5. The number of ether oxygens (including phenoxy) is 1. The molecule has 2 aromatic carbocycles. The summed E-state index contributed by atoms with van der Waals surface area (Å²) in [7, 11) is 0. The number of benzene rings is 2. The summed E-state index contributed by atoms with van der Waals surface area (Å²) in [5.74, 6) is 0.0326. The van der Waals surface area contributed by atoms with E-state index in [0.717, 1.165) is 5.39 Å². The number of halogens is 2. The van der Waals surface area contributed by atoms with Crippen LogP contribution in [0.2, 0.25) is 10.0 Å². The molecule has 2 aromatic heterocycles. The minimum absolute atomic E-state index is 0.227. The Bertz CT molecular complexity index is 1270. The monoisotopic (exact) mass is 446 g/mol. The lowest BCUT2D eigenvalue weighted by Gasteiger charge is -2.06. The van der Waals surface area contributed by atoms with Gasteiger partial charge in [0.15, 0.2) is 11.7 Å². The van der Waals surface area contributed by atoms with Gasteiger partial charge in [0.1, 0.15) is 11.3 Å². The van der Waals surface area contributed by atoms with E-state index >= 15 is 0 Å². The molecule has 4 aromatic rings. The number of aromatic nitrogens is 1. The van der Waals surface area contributed by atoms with Crippen molar-refractivity contribution >= 4 is 56.5 Å². The number of hydrogen-bond acceptors (Lipinski definition) is 6. The molecular formula is C20H12Cl2N2O4S. The first-order chi connectivity index (χ1) is 14.0. The fraction of sp³-hybridized carbons (Fsp3) is 0.0500. The number of carbonyl (C=O) groups excluding carboxylic acids is 1. The average molecular weight is 447 g/mol. The van der Waals surface area contributed by atoms with Gasteiger partial charge in [-0.3, -0.25) is 10.1 Å². The van der Waals surface area contributed by atoms with E-state index < -0.39 is 5.63 Å². The van der Waals surface area contributed by atoms with Crippen molar-refractivity contribution in [3.8, 4) is 17.0 Å². The van der Waals surface area contributed by atoms with Crippen LogP contribution in [0.25, 0.3) is 22.2 Å². The number of fused-ring (bicyclic) bond motifs is 1. The number of nitrogens with zero attached hydrogens (tertiary/aromatic N) is 1. The number of anilines is 1. The highest BCUT2D eigenvalue weighted by Crippen LogP contribution is 2.32. The summed E-state index contributed by atoms with van der Waals surface area (Å²) >= 11 is 13.5. The van der Waals surface area contributed by atoms with Crippen LogP contribution < -0.4 is 15.7 Å². The number of thiazole rings is 1. The van der Waals surface area contributed by atoms with Crippen molar-refractivity contribution in [1.82, 2.24) is 4.98 Å². The highest BCUT2D eigenvalue weighted by molar-refractivity contribution is 7.14. The van der Waals surface area contributed by atoms with Crippen LogP contribution in [0.3, 0.4) is 0 Å². The van der Waals surface area contributed by atoms with Crippen molar-refractivity contribution in [3.63, 3.8) is 0 Å². The summed E-state index contributed by atoms with van der Waals surface area (Å²) in [5.41, 5.74) is 1.23. The second-order valence-electron chi connectivity index (χ2n) is 5.95. The molecule has 4 rings (SSSR count). The van der Waals surface area contributed by atoms with Crippen molar-refractivity contribution in [2.45, 2.75) is 0 Å². The third-order valence-electron chi connectivity index (χ3n) is 3.92. The Morgan fingerprint density at radius 2 is 1.97 bits per heavy atom. The minimum atomic E-state index is -0.452. The normalized spacial score (nSPS) is 10.8. The first-order valence-electron chi connectivity index (χ1n) is 8.35. The molecule has 0 unspecified atom stereocenters. The van der Waals surface area contributed by atoms with E-state index in [1.807, 2.05) is 0 Å². The summed E-state index contributed by atoms with van der Waals surface area (Å²) in [6.45, 7) is -0.227. The predicted molar refractivity (Wildman–Crippen MR) is 114 cm³/mol. The first-order valence-corrected chi connectivity index (χ1v) is 9.99. The maximum Gasteiger partial charge on any atom is 0.336 e. The van der Waals surface area contributed by atoms with Gasteiger partial charge in [-0.25, -0.2) is 9.78 Å². The maximum absolute atomic E-state index is 12.2. The zero-order valence-corrected chi connectivity index (χ0v) is 17.0. The smallest absolute Gasteiger partial charge is 0.336 e. The van der Waals surface area contributed by atoms with Gasteiger partial charge in [-0.05, 0) is 36.4 Å². The molecule has 1 N–H and O–H groups in total. The van der Waals surface area contributed by atoms with Crippen LogP contribution in [-0.2, 0) is 4.79 Å². The lowest BCUT2D eigenvalue weighted by molar-refractivity contribution is -0.118. The second-order valence-corrected chi connectivity index (χ2v) is 7.65. The van der Waals surface area contributed by atoms with E-state index in [1.165, 1.54) is 17.4 Å². The largest absolute Gasteiger partial charge is 0.484 e. The summed E-state index contributed by atoms with van der Waals surface area (Å²) in [5, 5.41) is 6.69. The number of carbonyl (C=O) groups is 1. The quantitative estimate of drug-likeness (QED) is 0.423. The SMILES string of the molecule is O=C(COc1ccc2ccc(=O)oc2c1)Nc1nc(-c2cc(Cl)ccc2Cl)cs1. The van der Waals surface area contributed by atoms with Crippen molar-refractivity contribution in [2.75, 3.05) is 11.9 Å². The van der Waals surface area contributed by atoms with Gasteiger partial charge in [0.25, 0.3) is 5.91 Å². The zero-order chi connectivity index (χ0) is 20.4. The summed E-state index contributed by atoms with van der Waals surface area (Å²) < 4.78 is 10.6. The van der Waals surface area contributed by atoms with Crippen molar-refractivity contribution < 1.29 is 13.9 Å². The lowest BCUT2D eigenvalue weighted by atomic mass is 10.2. The first kappa shape index (κ1) is 19.4.